The predicted molar refractivity (Wildman–Crippen MR) is 45.3 cm³/mol. The van der Waals surface area contributed by atoms with Crippen LogP contribution in [0.1, 0.15) is 15.1 Å². The number of aliphatic imine (C=N–C) groups is 2. The SMILES string of the molecule is [2H]C([2H])([2H])N(C1=NC(C)N=C(N)N1)C([2H])([2H])[2H]. The molecule has 0 aliphatic carbocycles. The molecule has 0 fully saturated rings. The Morgan fingerprint density at radius 2 is 2.36 bits per heavy atom. The van der Waals surface area contributed by atoms with Crippen molar-refractivity contribution >= 4 is 11.9 Å². The van der Waals surface area contributed by atoms with Gasteiger partial charge in [0.25, 0.3) is 0 Å². The summed E-state index contributed by atoms with van der Waals surface area (Å²) in [5, 5.41) is 2.34. The van der Waals surface area contributed by atoms with Gasteiger partial charge < -0.3 is 10.6 Å². The van der Waals surface area contributed by atoms with Gasteiger partial charge in [-0.2, -0.15) is 0 Å². The molecular formula is C6H13N5. The van der Waals surface area contributed by atoms with Crippen LogP contribution in [0.2, 0.25) is 0 Å². The number of rotatable bonds is 0. The molecule has 62 valence electrons. The normalized spacial score (nSPS) is 33.7. The highest BCUT2D eigenvalue weighted by Gasteiger charge is 2.11. The molecule has 0 bridgehead atoms. The van der Waals surface area contributed by atoms with Crippen LogP contribution in [0.4, 0.5) is 0 Å². The van der Waals surface area contributed by atoms with Crippen molar-refractivity contribution < 1.29 is 8.22 Å². The smallest absolute Gasteiger partial charge is 0.202 e. The molecule has 0 saturated carbocycles. The van der Waals surface area contributed by atoms with E-state index >= 15 is 0 Å². The van der Waals surface area contributed by atoms with Crippen LogP contribution >= 0.6 is 0 Å². The average molecular weight is 161 g/mol. The second-order valence-electron chi connectivity index (χ2n) is 2.06. The number of guanidine groups is 2. The fourth-order valence-electron chi connectivity index (χ4n) is 0.700. The highest BCUT2D eigenvalue weighted by molar-refractivity contribution is 5.99. The van der Waals surface area contributed by atoms with Gasteiger partial charge in [0.1, 0.15) is 6.17 Å². The van der Waals surface area contributed by atoms with Crippen molar-refractivity contribution in [3.63, 3.8) is 0 Å². The van der Waals surface area contributed by atoms with Crippen LogP contribution in [0.15, 0.2) is 9.98 Å². The zero-order valence-corrected chi connectivity index (χ0v) is 6.00. The lowest BCUT2D eigenvalue weighted by atomic mass is 10.5. The molecule has 3 N–H and O–H groups in total. The number of nitrogens with one attached hydrogen (secondary N) is 1. The van der Waals surface area contributed by atoms with Gasteiger partial charge in [-0.05, 0) is 6.92 Å². The van der Waals surface area contributed by atoms with E-state index in [1.165, 1.54) is 0 Å². The maximum atomic E-state index is 7.21. The zero-order chi connectivity index (χ0) is 13.4. The number of nitrogens with zero attached hydrogens (tertiary/aromatic N) is 3. The highest BCUT2D eigenvalue weighted by atomic mass is 15.4. The summed E-state index contributed by atoms with van der Waals surface area (Å²) in [6.07, 6.45) is -0.626. The Morgan fingerprint density at radius 3 is 2.91 bits per heavy atom. The molecule has 0 saturated heterocycles. The van der Waals surface area contributed by atoms with E-state index in [2.05, 4.69) is 15.3 Å². The molecule has 1 aliphatic rings. The van der Waals surface area contributed by atoms with E-state index in [-0.39, 0.29) is 16.8 Å². The third-order valence-electron chi connectivity index (χ3n) is 1.09. The second-order valence-corrected chi connectivity index (χ2v) is 2.06. The van der Waals surface area contributed by atoms with Crippen LogP contribution in [0, 0.1) is 0 Å². The Balaban J connectivity index is 3.10. The molecule has 0 radical (unpaired) electrons. The minimum atomic E-state index is -2.85. The lowest BCUT2D eigenvalue weighted by molar-refractivity contribution is 0.581. The molecule has 0 aromatic rings. The standard InChI is InChI=1S/C6H13N5/c1-4-8-5(7)10-6(9-4)11(2)3/h4H,1-3H3,(H3,7,8,9,10)/i2D3,3D3. The quantitative estimate of drug-likeness (QED) is 0.487. The monoisotopic (exact) mass is 161 g/mol. The first kappa shape index (κ1) is 3.00. The molecule has 0 aromatic carbocycles. The van der Waals surface area contributed by atoms with E-state index in [1.807, 2.05) is 0 Å². The minimum Gasteiger partial charge on any atom is -0.370 e. The first-order valence-electron chi connectivity index (χ1n) is 6.00. The molecule has 0 spiro atoms. The van der Waals surface area contributed by atoms with Crippen molar-refractivity contribution in [1.29, 1.82) is 0 Å². The summed E-state index contributed by atoms with van der Waals surface area (Å²) in [6.45, 7) is -4.15. The molecule has 1 atom stereocenters. The summed E-state index contributed by atoms with van der Waals surface area (Å²) < 4.78 is 43.3. The summed E-state index contributed by atoms with van der Waals surface area (Å²) in [5.41, 5.74) is 5.40. The molecule has 1 aliphatic heterocycles. The summed E-state index contributed by atoms with van der Waals surface area (Å²) in [5.74, 6) is -0.397. The maximum Gasteiger partial charge on any atom is 0.202 e. The number of nitrogens with two attached hydrogens (primary N) is 1. The van der Waals surface area contributed by atoms with Crippen LogP contribution in [0.25, 0.3) is 0 Å². The Hall–Kier alpha value is -1.26. The number of hydrogen-bond acceptors (Lipinski definition) is 5. The fourth-order valence-corrected chi connectivity index (χ4v) is 0.700. The van der Waals surface area contributed by atoms with Gasteiger partial charge in [-0.3, -0.25) is 5.32 Å². The van der Waals surface area contributed by atoms with Gasteiger partial charge in [-0.1, -0.05) is 0 Å². The van der Waals surface area contributed by atoms with E-state index in [1.54, 1.807) is 6.92 Å². The van der Waals surface area contributed by atoms with E-state index in [4.69, 9.17) is 14.0 Å². The molecule has 0 aromatic heterocycles. The summed E-state index contributed by atoms with van der Waals surface area (Å²) in [4.78, 5) is 7.83. The summed E-state index contributed by atoms with van der Waals surface area (Å²) >= 11 is 0. The van der Waals surface area contributed by atoms with Crippen molar-refractivity contribution in [2.45, 2.75) is 13.1 Å². The second kappa shape index (κ2) is 2.77. The van der Waals surface area contributed by atoms with Crippen molar-refractivity contribution in [3.05, 3.63) is 0 Å². The lowest BCUT2D eigenvalue weighted by Crippen LogP contribution is -2.47. The topological polar surface area (TPSA) is 66.0 Å². The average Bonchev–Trinajstić information content (AvgIpc) is 1.93. The van der Waals surface area contributed by atoms with Gasteiger partial charge in [0.2, 0.25) is 5.96 Å². The summed E-state index contributed by atoms with van der Waals surface area (Å²) in [6, 6.07) is 0. The van der Waals surface area contributed by atoms with Gasteiger partial charge in [-0.25, -0.2) is 9.98 Å². The van der Waals surface area contributed by atoms with Gasteiger partial charge in [0.05, 0.1) is 0 Å². The van der Waals surface area contributed by atoms with E-state index in [9.17, 15) is 0 Å². The lowest BCUT2D eigenvalue weighted by Gasteiger charge is -2.21. The van der Waals surface area contributed by atoms with Gasteiger partial charge >= 0.3 is 0 Å². The van der Waals surface area contributed by atoms with Crippen molar-refractivity contribution in [1.82, 2.24) is 10.2 Å². The maximum absolute atomic E-state index is 7.21. The Labute approximate surface area is 74.4 Å². The first-order chi connectivity index (χ1) is 7.51. The highest BCUT2D eigenvalue weighted by Crippen LogP contribution is 1.97. The Morgan fingerprint density at radius 1 is 1.64 bits per heavy atom. The molecule has 0 amide bonds. The van der Waals surface area contributed by atoms with Crippen LogP contribution in [-0.2, 0) is 0 Å². The van der Waals surface area contributed by atoms with Crippen molar-refractivity contribution in [2.24, 2.45) is 15.7 Å². The molecule has 11 heavy (non-hydrogen) atoms. The molecule has 5 heteroatoms. The molecule has 5 nitrogen and oxygen atoms in total. The van der Waals surface area contributed by atoms with Gasteiger partial charge in [0.15, 0.2) is 5.96 Å². The molecule has 1 heterocycles. The third kappa shape index (κ3) is 1.83. The number of hydrogen-bond donors (Lipinski definition) is 2. The van der Waals surface area contributed by atoms with E-state index < -0.39 is 20.1 Å². The molecular weight excluding hydrogens is 142 g/mol. The summed E-state index contributed by atoms with van der Waals surface area (Å²) in [7, 11) is 0. The fraction of sp³-hybridized carbons (Fsp3) is 0.667. The Kier molecular flexibility index (Phi) is 0.757. The first-order valence-corrected chi connectivity index (χ1v) is 3.00. The van der Waals surface area contributed by atoms with Crippen molar-refractivity contribution in [2.75, 3.05) is 14.0 Å². The van der Waals surface area contributed by atoms with E-state index in [0.717, 1.165) is 0 Å². The largest absolute Gasteiger partial charge is 0.370 e. The van der Waals surface area contributed by atoms with Crippen LogP contribution in [-0.4, -0.2) is 36.9 Å². The molecule has 1 rings (SSSR count). The minimum absolute atomic E-state index is 0.0685. The Bertz CT molecular complexity index is 341. The van der Waals surface area contributed by atoms with Crippen molar-refractivity contribution in [3.8, 4) is 0 Å². The van der Waals surface area contributed by atoms with Gasteiger partial charge in [-0.15, -0.1) is 0 Å². The zero-order valence-electron chi connectivity index (χ0n) is 12.0. The van der Waals surface area contributed by atoms with Crippen LogP contribution in [0.5, 0.6) is 0 Å². The van der Waals surface area contributed by atoms with Crippen LogP contribution in [0.3, 0.4) is 0 Å². The van der Waals surface area contributed by atoms with Crippen LogP contribution < -0.4 is 11.1 Å². The van der Waals surface area contributed by atoms with Gasteiger partial charge in [0, 0.05) is 22.2 Å². The van der Waals surface area contributed by atoms with E-state index in [0.29, 0.717) is 0 Å². The third-order valence-corrected chi connectivity index (χ3v) is 1.09. The molecule has 1 unspecified atom stereocenters. The predicted octanol–water partition coefficient (Wildman–Crippen LogP) is -0.832.